The Morgan fingerprint density at radius 1 is 0.441 bits per heavy atom. The first kappa shape index (κ1) is 26.7. The number of thiol groups is 3. The Kier molecular flexibility index (Phi) is 11.9. The quantitative estimate of drug-likeness (QED) is 0.116. The van der Waals surface area contributed by atoms with Gasteiger partial charge in [0.1, 0.15) is 17.2 Å². The monoisotopic (exact) mass is 514 g/mol. The first-order chi connectivity index (χ1) is 16.7. The molecule has 0 aliphatic heterocycles. The fourth-order valence-electron chi connectivity index (χ4n) is 3.61. The number of hydrogen-bond acceptors (Lipinski definition) is 6. The number of rotatable bonds is 15. The van der Waals surface area contributed by atoms with E-state index in [0.29, 0.717) is 19.8 Å². The lowest BCUT2D eigenvalue weighted by molar-refractivity contribution is 0.319. The van der Waals surface area contributed by atoms with Gasteiger partial charge >= 0.3 is 0 Å². The Balaban J connectivity index is 1.83. The van der Waals surface area contributed by atoms with E-state index in [1.165, 1.54) is 16.7 Å². The second kappa shape index (κ2) is 15.2. The molecule has 3 aromatic rings. The van der Waals surface area contributed by atoms with E-state index in [1.807, 2.05) is 36.4 Å². The molecule has 6 heteroatoms. The molecule has 0 bridgehead atoms. The van der Waals surface area contributed by atoms with E-state index in [9.17, 15) is 0 Å². The van der Waals surface area contributed by atoms with Gasteiger partial charge in [0.05, 0.1) is 19.8 Å². The summed E-state index contributed by atoms with van der Waals surface area (Å²) in [6.45, 7) is 2.03. The molecule has 0 N–H and O–H groups in total. The third-order valence-corrected chi connectivity index (χ3v) is 6.30. The molecule has 0 saturated heterocycles. The summed E-state index contributed by atoms with van der Waals surface area (Å²) in [6, 6.07) is 25.2. The zero-order chi connectivity index (χ0) is 24.0. The molecule has 0 aliphatic rings. The highest BCUT2D eigenvalue weighted by Gasteiger charge is 2.17. The number of hydrogen-bond donors (Lipinski definition) is 3. The highest BCUT2D eigenvalue weighted by Crippen LogP contribution is 2.34. The van der Waals surface area contributed by atoms with Gasteiger partial charge in [0.25, 0.3) is 0 Å². The Bertz CT molecular complexity index is 817. The van der Waals surface area contributed by atoms with Gasteiger partial charge in [0.2, 0.25) is 0 Å². The van der Waals surface area contributed by atoms with E-state index in [2.05, 4.69) is 74.3 Å². The van der Waals surface area contributed by atoms with Gasteiger partial charge in [0, 0.05) is 5.92 Å². The second-order valence-electron chi connectivity index (χ2n) is 7.92. The largest absolute Gasteiger partial charge is 0.494 e. The molecule has 3 rings (SSSR count). The Morgan fingerprint density at radius 3 is 0.941 bits per heavy atom. The molecular weight excluding hydrogens is 481 g/mol. The molecule has 34 heavy (non-hydrogen) atoms. The lowest BCUT2D eigenvalue weighted by atomic mass is 9.85. The third-order valence-electron chi connectivity index (χ3n) is 5.35. The van der Waals surface area contributed by atoms with Gasteiger partial charge in [-0.25, -0.2) is 0 Å². The smallest absolute Gasteiger partial charge is 0.119 e. The summed E-state index contributed by atoms with van der Waals surface area (Å²) in [5.41, 5.74) is 3.61. The van der Waals surface area contributed by atoms with Crippen molar-refractivity contribution in [1.82, 2.24) is 0 Å². The van der Waals surface area contributed by atoms with Crippen LogP contribution in [0.15, 0.2) is 72.8 Å². The van der Waals surface area contributed by atoms with Crippen molar-refractivity contribution in [2.75, 3.05) is 37.1 Å². The Labute approximate surface area is 220 Å². The van der Waals surface area contributed by atoms with Crippen LogP contribution in [0.3, 0.4) is 0 Å². The molecule has 0 aliphatic carbocycles. The van der Waals surface area contributed by atoms with Crippen LogP contribution < -0.4 is 14.2 Å². The molecule has 0 spiro atoms. The first-order valence-electron chi connectivity index (χ1n) is 11.8. The first-order valence-corrected chi connectivity index (χ1v) is 13.7. The molecule has 0 saturated carbocycles. The molecule has 0 unspecified atom stereocenters. The summed E-state index contributed by atoms with van der Waals surface area (Å²) >= 11 is 12.7. The summed E-state index contributed by atoms with van der Waals surface area (Å²) in [4.78, 5) is 0. The van der Waals surface area contributed by atoms with E-state index < -0.39 is 0 Å². The molecule has 182 valence electrons. The fraction of sp³-hybridized carbons (Fsp3) is 0.357. The molecule has 0 aromatic heterocycles. The zero-order valence-corrected chi connectivity index (χ0v) is 22.1. The molecule has 0 amide bonds. The van der Waals surface area contributed by atoms with Crippen molar-refractivity contribution in [1.29, 1.82) is 0 Å². The maximum atomic E-state index is 5.82. The third kappa shape index (κ3) is 8.40. The highest BCUT2D eigenvalue weighted by molar-refractivity contribution is 7.80. The van der Waals surface area contributed by atoms with Crippen LogP contribution in [-0.2, 0) is 0 Å². The molecule has 0 heterocycles. The van der Waals surface area contributed by atoms with Crippen molar-refractivity contribution in [3.63, 3.8) is 0 Å². The van der Waals surface area contributed by atoms with Crippen LogP contribution in [0.25, 0.3) is 0 Å². The van der Waals surface area contributed by atoms with Gasteiger partial charge in [-0.05, 0) is 89.6 Å². The number of ether oxygens (including phenoxy) is 3. The van der Waals surface area contributed by atoms with Gasteiger partial charge in [-0.2, -0.15) is 37.9 Å². The minimum absolute atomic E-state index is 0.0875. The van der Waals surface area contributed by atoms with Gasteiger partial charge in [-0.15, -0.1) is 0 Å². The summed E-state index contributed by atoms with van der Waals surface area (Å²) in [5, 5.41) is 0. The van der Waals surface area contributed by atoms with E-state index >= 15 is 0 Å². The fourth-order valence-corrected chi connectivity index (χ4v) is 4.00. The van der Waals surface area contributed by atoms with E-state index in [4.69, 9.17) is 14.2 Å². The van der Waals surface area contributed by atoms with Crippen LogP contribution in [0.5, 0.6) is 17.2 Å². The standard InChI is InChI=1S/C28H34O3S3/c32-19-1-16-29-25-10-4-22(5-11-25)28(23-6-12-26(13-7-23)30-17-2-20-33)24-8-14-27(15-9-24)31-18-3-21-34/h4-15,28,32-34H,1-3,16-21H2. The van der Waals surface area contributed by atoms with Crippen molar-refractivity contribution in [3.05, 3.63) is 89.5 Å². The predicted octanol–water partition coefficient (Wildman–Crippen LogP) is 6.96. The van der Waals surface area contributed by atoms with Crippen molar-refractivity contribution < 1.29 is 14.2 Å². The van der Waals surface area contributed by atoms with Crippen LogP contribution in [0.4, 0.5) is 0 Å². The van der Waals surface area contributed by atoms with Crippen LogP contribution in [0.1, 0.15) is 41.9 Å². The topological polar surface area (TPSA) is 27.7 Å². The minimum Gasteiger partial charge on any atom is -0.494 e. The number of benzene rings is 3. The predicted molar refractivity (Wildman–Crippen MR) is 152 cm³/mol. The van der Waals surface area contributed by atoms with Crippen molar-refractivity contribution >= 4 is 37.9 Å². The van der Waals surface area contributed by atoms with Gasteiger partial charge in [-0.3, -0.25) is 0 Å². The van der Waals surface area contributed by atoms with Gasteiger partial charge in [-0.1, -0.05) is 36.4 Å². The summed E-state index contributed by atoms with van der Waals surface area (Å²) < 4.78 is 17.5. The highest BCUT2D eigenvalue weighted by atomic mass is 32.1. The van der Waals surface area contributed by atoms with Crippen LogP contribution in [0.2, 0.25) is 0 Å². The second-order valence-corrected chi connectivity index (χ2v) is 9.26. The summed E-state index contributed by atoms with van der Waals surface area (Å²) in [6.07, 6.45) is 2.79. The van der Waals surface area contributed by atoms with Crippen molar-refractivity contribution in [3.8, 4) is 17.2 Å². The van der Waals surface area contributed by atoms with E-state index in [0.717, 1.165) is 53.8 Å². The Hall–Kier alpha value is -1.89. The molecule has 0 radical (unpaired) electrons. The van der Waals surface area contributed by atoms with Crippen LogP contribution >= 0.6 is 37.9 Å². The molecule has 3 nitrogen and oxygen atoms in total. The summed E-state index contributed by atoms with van der Waals surface area (Å²) in [7, 11) is 0. The van der Waals surface area contributed by atoms with Crippen LogP contribution in [0, 0.1) is 0 Å². The van der Waals surface area contributed by atoms with E-state index in [-0.39, 0.29) is 5.92 Å². The molecule has 0 atom stereocenters. The lowest BCUT2D eigenvalue weighted by Crippen LogP contribution is -2.05. The SMILES string of the molecule is SCCCOc1ccc(C(c2ccc(OCCCS)cc2)c2ccc(OCCCS)cc2)cc1. The van der Waals surface area contributed by atoms with Crippen molar-refractivity contribution in [2.24, 2.45) is 0 Å². The van der Waals surface area contributed by atoms with Gasteiger partial charge in [0.15, 0.2) is 0 Å². The summed E-state index contributed by atoms with van der Waals surface area (Å²) in [5.74, 6) is 5.19. The average Bonchev–Trinajstić information content (AvgIpc) is 2.87. The molecule has 3 aromatic carbocycles. The zero-order valence-electron chi connectivity index (χ0n) is 19.4. The lowest BCUT2D eigenvalue weighted by Gasteiger charge is -2.20. The Morgan fingerprint density at radius 2 is 0.706 bits per heavy atom. The maximum absolute atomic E-state index is 5.82. The normalized spacial score (nSPS) is 10.9. The maximum Gasteiger partial charge on any atom is 0.119 e. The van der Waals surface area contributed by atoms with Crippen molar-refractivity contribution in [2.45, 2.75) is 25.2 Å². The average molecular weight is 515 g/mol. The van der Waals surface area contributed by atoms with Gasteiger partial charge < -0.3 is 14.2 Å². The van der Waals surface area contributed by atoms with Crippen LogP contribution in [-0.4, -0.2) is 37.1 Å². The molecule has 0 fully saturated rings. The molecular formula is C28H34O3S3. The van der Waals surface area contributed by atoms with E-state index in [1.54, 1.807) is 0 Å². The minimum atomic E-state index is 0.0875.